The van der Waals surface area contributed by atoms with Crippen LogP contribution in [0.5, 0.6) is 0 Å². The summed E-state index contributed by atoms with van der Waals surface area (Å²) in [5.41, 5.74) is 0.897. The number of halogens is 1. The Labute approximate surface area is 152 Å². The molecule has 0 N–H and O–H groups in total. The van der Waals surface area contributed by atoms with Crippen LogP contribution in [0.15, 0.2) is 51.6 Å². The number of ether oxygens (including phenoxy) is 1. The molecule has 0 saturated carbocycles. The molecule has 1 fully saturated rings. The van der Waals surface area contributed by atoms with Crippen molar-refractivity contribution in [1.82, 2.24) is 4.90 Å². The lowest BCUT2D eigenvalue weighted by Gasteiger charge is -2.25. The molecule has 1 aliphatic rings. The van der Waals surface area contributed by atoms with Crippen LogP contribution in [-0.2, 0) is 20.9 Å². The number of hydrogen-bond donors (Lipinski definition) is 0. The Bertz CT molecular complexity index is 717. The highest BCUT2D eigenvalue weighted by molar-refractivity contribution is 9.10. The largest absolute Gasteiger partial charge is 0.466 e. The number of rotatable bonds is 4. The van der Waals surface area contributed by atoms with Gasteiger partial charge in [-0.1, -0.05) is 28.1 Å². The van der Waals surface area contributed by atoms with Gasteiger partial charge >= 0.3 is 5.97 Å². The fourth-order valence-corrected chi connectivity index (χ4v) is 4.23. The number of esters is 1. The average Bonchev–Trinajstić information content (AvgIpc) is 3.22. The first-order valence-corrected chi connectivity index (χ1v) is 9.25. The van der Waals surface area contributed by atoms with Gasteiger partial charge in [-0.2, -0.15) is 0 Å². The second kappa shape index (κ2) is 7.44. The third kappa shape index (κ3) is 3.67. The fraction of sp³-hybridized carbons (Fsp3) is 0.294. The molecule has 1 aromatic heterocycles. The van der Waals surface area contributed by atoms with Crippen molar-refractivity contribution in [3.05, 3.63) is 58.5 Å². The monoisotopic (exact) mass is 409 g/mol. The van der Waals surface area contributed by atoms with Crippen molar-refractivity contribution in [3.8, 4) is 0 Å². The molecule has 1 aromatic carbocycles. The lowest BCUT2D eigenvalue weighted by molar-refractivity contribution is -0.154. The molecule has 2 heterocycles. The Kier molecular flexibility index (Phi) is 5.30. The van der Waals surface area contributed by atoms with Gasteiger partial charge in [-0.3, -0.25) is 4.79 Å². The minimum atomic E-state index is -0.599. The lowest BCUT2D eigenvalue weighted by Crippen LogP contribution is -2.42. The third-order valence-corrected chi connectivity index (χ3v) is 5.53. The third-order valence-electron chi connectivity index (χ3n) is 3.72. The first kappa shape index (κ1) is 17.1. The van der Waals surface area contributed by atoms with E-state index in [9.17, 15) is 9.59 Å². The molecule has 1 amide bonds. The van der Waals surface area contributed by atoms with Crippen LogP contribution in [0.3, 0.4) is 0 Å². The normalized spacial score (nSPS) is 20.2. The standard InChI is InChI=1S/C17H16BrNO4S/c1-11(20)19-14(10-24-16(19)15-3-2-8-22-15)17(21)23-9-12-4-6-13(18)7-5-12/h2-8,14,16H,9-10H2,1H3/t14-,16-/m0/s1. The van der Waals surface area contributed by atoms with Crippen LogP contribution in [-0.4, -0.2) is 28.6 Å². The van der Waals surface area contributed by atoms with Crippen LogP contribution in [0.25, 0.3) is 0 Å². The van der Waals surface area contributed by atoms with Crippen molar-refractivity contribution >= 4 is 39.6 Å². The van der Waals surface area contributed by atoms with Crippen molar-refractivity contribution in [1.29, 1.82) is 0 Å². The quantitative estimate of drug-likeness (QED) is 0.719. The molecule has 0 bridgehead atoms. The summed E-state index contributed by atoms with van der Waals surface area (Å²) in [5, 5.41) is -0.289. The van der Waals surface area contributed by atoms with Gasteiger partial charge in [-0.15, -0.1) is 11.8 Å². The maximum Gasteiger partial charge on any atom is 0.330 e. The summed E-state index contributed by atoms with van der Waals surface area (Å²) in [6.45, 7) is 1.64. The lowest BCUT2D eigenvalue weighted by atomic mass is 10.2. The molecule has 0 unspecified atom stereocenters. The van der Waals surface area contributed by atoms with Crippen molar-refractivity contribution in [2.24, 2.45) is 0 Å². The van der Waals surface area contributed by atoms with Crippen molar-refractivity contribution in [3.63, 3.8) is 0 Å². The SMILES string of the molecule is CC(=O)N1[C@H](C(=O)OCc2ccc(Br)cc2)CS[C@H]1c1ccco1. The molecule has 0 spiro atoms. The van der Waals surface area contributed by atoms with E-state index in [0.717, 1.165) is 10.0 Å². The van der Waals surface area contributed by atoms with E-state index in [4.69, 9.17) is 9.15 Å². The number of amides is 1. The van der Waals surface area contributed by atoms with Crippen molar-refractivity contribution in [2.75, 3.05) is 5.75 Å². The summed E-state index contributed by atoms with van der Waals surface area (Å²) < 4.78 is 11.8. The summed E-state index contributed by atoms with van der Waals surface area (Å²) in [4.78, 5) is 26.0. The molecular weight excluding hydrogens is 394 g/mol. The topological polar surface area (TPSA) is 59.8 Å². The highest BCUT2D eigenvalue weighted by Crippen LogP contribution is 2.41. The Hall–Kier alpha value is -1.73. The fourth-order valence-electron chi connectivity index (χ4n) is 2.55. The van der Waals surface area contributed by atoms with Gasteiger partial charge in [-0.05, 0) is 29.8 Å². The Morgan fingerprint density at radius 1 is 1.33 bits per heavy atom. The predicted molar refractivity (Wildman–Crippen MR) is 94.2 cm³/mol. The summed E-state index contributed by atoms with van der Waals surface area (Å²) in [6, 6.07) is 10.5. The molecule has 7 heteroatoms. The van der Waals surface area contributed by atoms with Gasteiger partial charge in [0.25, 0.3) is 0 Å². The Balaban J connectivity index is 1.67. The molecule has 5 nitrogen and oxygen atoms in total. The van der Waals surface area contributed by atoms with Crippen LogP contribution in [0.1, 0.15) is 23.6 Å². The van der Waals surface area contributed by atoms with Crippen LogP contribution in [0, 0.1) is 0 Å². The molecule has 1 aliphatic heterocycles. The predicted octanol–water partition coefficient (Wildman–Crippen LogP) is 3.75. The van der Waals surface area contributed by atoms with E-state index in [2.05, 4.69) is 15.9 Å². The Morgan fingerprint density at radius 2 is 2.08 bits per heavy atom. The molecule has 2 atom stereocenters. The molecule has 24 heavy (non-hydrogen) atoms. The second-order valence-corrected chi connectivity index (χ2v) is 7.41. The second-order valence-electron chi connectivity index (χ2n) is 5.38. The van der Waals surface area contributed by atoms with Gasteiger partial charge in [0, 0.05) is 17.1 Å². The number of hydrogen-bond acceptors (Lipinski definition) is 5. The zero-order valence-corrected chi connectivity index (χ0v) is 15.4. The number of furan rings is 1. The molecule has 3 rings (SSSR count). The van der Waals surface area contributed by atoms with Crippen LogP contribution in [0.2, 0.25) is 0 Å². The molecule has 1 saturated heterocycles. The minimum absolute atomic E-state index is 0.174. The van der Waals surface area contributed by atoms with Crippen molar-refractivity contribution in [2.45, 2.75) is 24.9 Å². The maximum atomic E-state index is 12.4. The zero-order chi connectivity index (χ0) is 17.1. The first-order valence-electron chi connectivity index (χ1n) is 7.41. The van der Waals surface area contributed by atoms with E-state index in [0.29, 0.717) is 11.5 Å². The summed E-state index contributed by atoms with van der Waals surface area (Å²) >= 11 is 4.87. The highest BCUT2D eigenvalue weighted by atomic mass is 79.9. The van der Waals surface area contributed by atoms with Crippen LogP contribution in [0.4, 0.5) is 0 Å². The Morgan fingerprint density at radius 3 is 2.71 bits per heavy atom. The van der Waals surface area contributed by atoms with E-state index in [-0.39, 0.29) is 17.9 Å². The first-order chi connectivity index (χ1) is 11.6. The smallest absolute Gasteiger partial charge is 0.330 e. The highest BCUT2D eigenvalue weighted by Gasteiger charge is 2.43. The summed E-state index contributed by atoms with van der Waals surface area (Å²) in [6.07, 6.45) is 1.56. The number of nitrogens with zero attached hydrogens (tertiary/aromatic N) is 1. The average molecular weight is 410 g/mol. The molecular formula is C17H16BrNO4S. The number of carbonyl (C=O) groups excluding carboxylic acids is 2. The number of benzene rings is 1. The van der Waals surface area contributed by atoms with E-state index in [1.165, 1.54) is 23.6 Å². The summed E-state index contributed by atoms with van der Waals surface area (Å²) in [7, 11) is 0. The van der Waals surface area contributed by atoms with Gasteiger partial charge in [0.2, 0.25) is 5.91 Å². The minimum Gasteiger partial charge on any atom is -0.466 e. The number of carbonyl (C=O) groups is 2. The summed E-state index contributed by atoms with van der Waals surface area (Å²) in [5.74, 6) is 0.587. The van der Waals surface area contributed by atoms with Gasteiger partial charge < -0.3 is 14.1 Å². The van der Waals surface area contributed by atoms with E-state index < -0.39 is 12.0 Å². The molecule has 0 aliphatic carbocycles. The van der Waals surface area contributed by atoms with Gasteiger partial charge in [0.15, 0.2) is 0 Å². The maximum absolute atomic E-state index is 12.4. The van der Waals surface area contributed by atoms with E-state index in [1.807, 2.05) is 30.3 Å². The van der Waals surface area contributed by atoms with Crippen LogP contribution >= 0.6 is 27.7 Å². The van der Waals surface area contributed by atoms with Gasteiger partial charge in [0.1, 0.15) is 23.8 Å². The van der Waals surface area contributed by atoms with Crippen molar-refractivity contribution < 1.29 is 18.7 Å². The van der Waals surface area contributed by atoms with E-state index in [1.54, 1.807) is 12.3 Å². The van der Waals surface area contributed by atoms with Crippen LogP contribution < -0.4 is 0 Å². The van der Waals surface area contributed by atoms with Gasteiger partial charge in [0.05, 0.1) is 6.26 Å². The van der Waals surface area contributed by atoms with E-state index >= 15 is 0 Å². The van der Waals surface area contributed by atoms with Gasteiger partial charge in [-0.25, -0.2) is 4.79 Å². The zero-order valence-electron chi connectivity index (χ0n) is 13.0. The molecule has 0 radical (unpaired) electrons. The number of thioether (sulfide) groups is 1. The molecule has 126 valence electrons. The molecule has 2 aromatic rings.